The summed E-state index contributed by atoms with van der Waals surface area (Å²) in [6.45, 7) is 1.01. The van der Waals surface area contributed by atoms with Gasteiger partial charge in [-0.3, -0.25) is 9.89 Å². The maximum atomic E-state index is 13.0. The van der Waals surface area contributed by atoms with Crippen molar-refractivity contribution in [3.05, 3.63) is 47.5 Å². The molecule has 1 heterocycles. The molecule has 122 valence electrons. The lowest BCUT2D eigenvalue weighted by Gasteiger charge is -2.19. The van der Waals surface area contributed by atoms with Gasteiger partial charge in [-0.1, -0.05) is 24.3 Å². The van der Waals surface area contributed by atoms with E-state index in [1.165, 1.54) is 0 Å². The number of nitrogens with zero attached hydrogens (tertiary/aromatic N) is 1. The number of benzene rings is 2. The van der Waals surface area contributed by atoms with Crippen LogP contribution in [0.15, 0.2) is 36.4 Å². The number of fused-ring (bicyclic) bond motifs is 2. The Morgan fingerprint density at radius 1 is 1.04 bits per heavy atom. The van der Waals surface area contributed by atoms with Crippen molar-refractivity contribution in [2.24, 2.45) is 0 Å². The van der Waals surface area contributed by atoms with E-state index in [0.717, 1.165) is 53.7 Å². The number of carbonyl (C=O) groups excluding carboxylic acids is 1. The van der Waals surface area contributed by atoms with Crippen molar-refractivity contribution in [3.8, 4) is 11.3 Å². The van der Waals surface area contributed by atoms with Crippen LogP contribution in [-0.4, -0.2) is 34.2 Å². The molecule has 1 aliphatic carbocycles. The maximum absolute atomic E-state index is 13.0. The monoisotopic (exact) mass is 321 g/mol. The van der Waals surface area contributed by atoms with Gasteiger partial charge in [0.05, 0.1) is 11.1 Å². The number of anilines is 1. The number of H-pyrrole nitrogens is 1. The largest absolute Gasteiger partial charge is 0.396 e. The standard InChI is InChI=1S/C19H19N3O2/c23-11-3-1-2-10-20-14-8-4-6-12-17(14)19(24)13-7-5-9-15-16(13)18(12)22-21-15/h4-9,20,23H,1-3,10-11H2,(H,21,22). The molecule has 5 heteroatoms. The molecule has 3 N–H and O–H groups in total. The Balaban J connectivity index is 1.72. The van der Waals surface area contributed by atoms with Crippen molar-refractivity contribution in [1.82, 2.24) is 10.2 Å². The van der Waals surface area contributed by atoms with Crippen molar-refractivity contribution in [1.29, 1.82) is 0 Å². The highest BCUT2D eigenvalue weighted by Crippen LogP contribution is 2.40. The van der Waals surface area contributed by atoms with Crippen LogP contribution in [0.1, 0.15) is 35.2 Å². The Kier molecular flexibility index (Phi) is 3.78. The molecule has 0 atom stereocenters. The topological polar surface area (TPSA) is 78.0 Å². The smallest absolute Gasteiger partial charge is 0.196 e. The number of aliphatic hydroxyl groups excluding tert-OH is 1. The van der Waals surface area contributed by atoms with E-state index in [0.29, 0.717) is 11.1 Å². The molecule has 0 unspecified atom stereocenters. The third kappa shape index (κ3) is 2.29. The molecule has 1 aliphatic rings. The van der Waals surface area contributed by atoms with Gasteiger partial charge in [0.15, 0.2) is 5.78 Å². The van der Waals surface area contributed by atoms with Crippen LogP contribution in [0.4, 0.5) is 5.69 Å². The zero-order chi connectivity index (χ0) is 16.5. The minimum absolute atomic E-state index is 0.0444. The number of aromatic nitrogens is 2. The van der Waals surface area contributed by atoms with Gasteiger partial charge in [-0.05, 0) is 31.4 Å². The van der Waals surface area contributed by atoms with E-state index < -0.39 is 0 Å². The summed E-state index contributed by atoms with van der Waals surface area (Å²) < 4.78 is 0. The summed E-state index contributed by atoms with van der Waals surface area (Å²) in [5.41, 5.74) is 4.88. The summed E-state index contributed by atoms with van der Waals surface area (Å²) in [4.78, 5) is 13.0. The summed E-state index contributed by atoms with van der Waals surface area (Å²) in [5, 5.41) is 20.6. The SMILES string of the molecule is O=C1c2c(NCCCCCO)cccc2-c2n[nH]c3cccc1c23. The first-order valence-corrected chi connectivity index (χ1v) is 8.31. The summed E-state index contributed by atoms with van der Waals surface area (Å²) in [5.74, 6) is 0.0444. The average Bonchev–Trinajstić information content (AvgIpc) is 3.04. The fourth-order valence-electron chi connectivity index (χ4n) is 3.37. The summed E-state index contributed by atoms with van der Waals surface area (Å²) in [6, 6.07) is 11.5. The number of aliphatic hydroxyl groups is 1. The molecule has 0 spiro atoms. The van der Waals surface area contributed by atoms with E-state index >= 15 is 0 Å². The number of hydrogen-bond acceptors (Lipinski definition) is 4. The van der Waals surface area contributed by atoms with E-state index in [9.17, 15) is 4.79 Å². The molecule has 0 saturated heterocycles. The Morgan fingerprint density at radius 2 is 1.88 bits per heavy atom. The lowest BCUT2D eigenvalue weighted by Crippen LogP contribution is -2.14. The molecule has 1 aromatic heterocycles. The molecule has 3 aromatic rings. The van der Waals surface area contributed by atoms with Gasteiger partial charge < -0.3 is 10.4 Å². The highest BCUT2D eigenvalue weighted by molar-refractivity contribution is 6.27. The normalized spacial score (nSPS) is 12.5. The van der Waals surface area contributed by atoms with Crippen molar-refractivity contribution < 1.29 is 9.90 Å². The fraction of sp³-hybridized carbons (Fsp3) is 0.263. The van der Waals surface area contributed by atoms with Crippen LogP contribution in [0.2, 0.25) is 0 Å². The van der Waals surface area contributed by atoms with Gasteiger partial charge in [-0.2, -0.15) is 5.10 Å². The van der Waals surface area contributed by atoms with E-state index in [2.05, 4.69) is 15.5 Å². The van der Waals surface area contributed by atoms with Crippen LogP contribution < -0.4 is 5.32 Å². The molecule has 4 rings (SSSR count). The maximum Gasteiger partial charge on any atom is 0.196 e. The number of nitrogens with one attached hydrogen (secondary N) is 2. The molecule has 0 radical (unpaired) electrons. The van der Waals surface area contributed by atoms with Crippen LogP contribution in [0.5, 0.6) is 0 Å². The molecular formula is C19H19N3O2. The Labute approximate surface area is 139 Å². The lowest BCUT2D eigenvalue weighted by atomic mass is 9.86. The highest BCUT2D eigenvalue weighted by atomic mass is 16.2. The molecule has 0 saturated carbocycles. The van der Waals surface area contributed by atoms with Crippen molar-refractivity contribution in [2.75, 3.05) is 18.5 Å². The zero-order valence-corrected chi connectivity index (χ0v) is 13.3. The molecule has 0 amide bonds. The summed E-state index contributed by atoms with van der Waals surface area (Å²) in [6.07, 6.45) is 2.74. The lowest BCUT2D eigenvalue weighted by molar-refractivity contribution is 0.104. The summed E-state index contributed by atoms with van der Waals surface area (Å²) >= 11 is 0. The first-order chi connectivity index (χ1) is 11.8. The van der Waals surface area contributed by atoms with Gasteiger partial charge in [0, 0.05) is 35.4 Å². The first kappa shape index (κ1) is 14.9. The van der Waals surface area contributed by atoms with Crippen LogP contribution >= 0.6 is 0 Å². The van der Waals surface area contributed by atoms with E-state index in [4.69, 9.17) is 5.11 Å². The zero-order valence-electron chi connectivity index (χ0n) is 13.3. The van der Waals surface area contributed by atoms with Gasteiger partial charge in [-0.15, -0.1) is 0 Å². The molecule has 5 nitrogen and oxygen atoms in total. The first-order valence-electron chi connectivity index (χ1n) is 8.31. The van der Waals surface area contributed by atoms with Crippen molar-refractivity contribution in [2.45, 2.75) is 19.3 Å². The van der Waals surface area contributed by atoms with Gasteiger partial charge in [0.2, 0.25) is 0 Å². The Hall–Kier alpha value is -2.66. The molecule has 2 aromatic carbocycles. The number of rotatable bonds is 6. The number of hydrogen-bond donors (Lipinski definition) is 3. The van der Waals surface area contributed by atoms with E-state index in [1.807, 2.05) is 36.4 Å². The van der Waals surface area contributed by atoms with Gasteiger partial charge >= 0.3 is 0 Å². The second-order valence-corrected chi connectivity index (χ2v) is 6.07. The van der Waals surface area contributed by atoms with Crippen molar-refractivity contribution in [3.63, 3.8) is 0 Å². The number of carbonyl (C=O) groups is 1. The minimum Gasteiger partial charge on any atom is -0.396 e. The number of ketones is 1. The van der Waals surface area contributed by atoms with Gasteiger partial charge in [0.1, 0.15) is 5.69 Å². The van der Waals surface area contributed by atoms with Crippen LogP contribution in [0.25, 0.3) is 22.2 Å². The fourth-order valence-corrected chi connectivity index (χ4v) is 3.37. The summed E-state index contributed by atoms with van der Waals surface area (Å²) in [7, 11) is 0. The average molecular weight is 321 g/mol. The van der Waals surface area contributed by atoms with Gasteiger partial charge in [-0.25, -0.2) is 0 Å². The number of aromatic amines is 1. The van der Waals surface area contributed by atoms with Crippen LogP contribution in [0, 0.1) is 0 Å². The quantitative estimate of drug-likeness (QED) is 0.476. The second-order valence-electron chi connectivity index (χ2n) is 6.07. The van der Waals surface area contributed by atoms with Crippen LogP contribution in [-0.2, 0) is 0 Å². The molecule has 0 aliphatic heterocycles. The minimum atomic E-state index is 0.0444. The third-order valence-corrected chi connectivity index (χ3v) is 4.53. The number of unbranched alkanes of at least 4 members (excludes halogenated alkanes) is 2. The molecule has 0 bridgehead atoms. The molecule has 24 heavy (non-hydrogen) atoms. The molecular weight excluding hydrogens is 302 g/mol. The molecule has 0 fully saturated rings. The van der Waals surface area contributed by atoms with E-state index in [-0.39, 0.29) is 12.4 Å². The third-order valence-electron chi connectivity index (χ3n) is 4.53. The second kappa shape index (κ2) is 6.09. The Bertz CT molecular complexity index is 914. The highest BCUT2D eigenvalue weighted by Gasteiger charge is 2.29. The van der Waals surface area contributed by atoms with Crippen LogP contribution in [0.3, 0.4) is 0 Å². The van der Waals surface area contributed by atoms with Gasteiger partial charge in [0.25, 0.3) is 0 Å². The van der Waals surface area contributed by atoms with E-state index in [1.54, 1.807) is 0 Å². The predicted molar refractivity (Wildman–Crippen MR) is 94.4 cm³/mol. The van der Waals surface area contributed by atoms with Crippen molar-refractivity contribution >= 4 is 22.4 Å². The Morgan fingerprint density at radius 3 is 2.75 bits per heavy atom. The predicted octanol–water partition coefficient (Wildman–Crippen LogP) is 3.35.